The van der Waals surface area contributed by atoms with Gasteiger partial charge in [0, 0.05) is 12.0 Å². The quantitative estimate of drug-likeness (QED) is 0.628. The van der Waals surface area contributed by atoms with Crippen molar-refractivity contribution in [2.75, 3.05) is 0 Å². The first-order valence-electron chi connectivity index (χ1n) is 3.62. The molecule has 3 nitrogen and oxygen atoms in total. The highest BCUT2D eigenvalue weighted by atomic mass is 16.5. The average molecular weight is 151 g/mol. The van der Waals surface area contributed by atoms with E-state index < -0.39 is 0 Å². The Balaban J connectivity index is 2.68. The maximum absolute atomic E-state index is 5.19. The number of hydrogen-bond acceptors (Lipinski definition) is 3. The SMILES string of the molecule is CC(C)c1noc2ccoc12. The van der Waals surface area contributed by atoms with Gasteiger partial charge in [0.05, 0.1) is 6.26 Å². The van der Waals surface area contributed by atoms with Crippen LogP contribution in [0.2, 0.25) is 0 Å². The van der Waals surface area contributed by atoms with Crippen LogP contribution in [0.1, 0.15) is 25.5 Å². The summed E-state index contributed by atoms with van der Waals surface area (Å²) in [6.45, 7) is 4.11. The van der Waals surface area contributed by atoms with Gasteiger partial charge in [0.25, 0.3) is 0 Å². The molecule has 2 aromatic heterocycles. The van der Waals surface area contributed by atoms with Crippen molar-refractivity contribution in [3.05, 3.63) is 18.0 Å². The predicted molar refractivity (Wildman–Crippen MR) is 40.4 cm³/mol. The predicted octanol–water partition coefficient (Wildman–Crippen LogP) is 2.54. The largest absolute Gasteiger partial charge is 0.459 e. The smallest absolute Gasteiger partial charge is 0.205 e. The maximum atomic E-state index is 5.19. The van der Waals surface area contributed by atoms with Crippen molar-refractivity contribution in [3.63, 3.8) is 0 Å². The van der Waals surface area contributed by atoms with Crippen molar-refractivity contribution in [2.45, 2.75) is 19.8 Å². The molecule has 0 bridgehead atoms. The van der Waals surface area contributed by atoms with Crippen molar-refractivity contribution in [2.24, 2.45) is 0 Å². The molecule has 0 spiro atoms. The summed E-state index contributed by atoms with van der Waals surface area (Å²) >= 11 is 0. The van der Waals surface area contributed by atoms with Crippen molar-refractivity contribution in [3.8, 4) is 0 Å². The number of fused-ring (bicyclic) bond motifs is 1. The van der Waals surface area contributed by atoms with Gasteiger partial charge in [-0.25, -0.2) is 0 Å². The topological polar surface area (TPSA) is 39.2 Å². The van der Waals surface area contributed by atoms with Gasteiger partial charge < -0.3 is 8.94 Å². The van der Waals surface area contributed by atoms with Crippen molar-refractivity contribution in [1.29, 1.82) is 0 Å². The van der Waals surface area contributed by atoms with E-state index in [0.717, 1.165) is 16.9 Å². The Labute approximate surface area is 64.0 Å². The molecule has 0 aliphatic carbocycles. The van der Waals surface area contributed by atoms with E-state index in [1.807, 2.05) is 0 Å². The van der Waals surface area contributed by atoms with Gasteiger partial charge in [-0.2, -0.15) is 0 Å². The molecule has 0 saturated carbocycles. The minimum Gasteiger partial charge on any atom is -0.459 e. The molecule has 11 heavy (non-hydrogen) atoms. The van der Waals surface area contributed by atoms with Gasteiger partial charge in [-0.05, 0) is 0 Å². The minimum atomic E-state index is 0.349. The summed E-state index contributed by atoms with van der Waals surface area (Å²) in [6, 6.07) is 1.77. The van der Waals surface area contributed by atoms with Crippen molar-refractivity contribution in [1.82, 2.24) is 5.16 Å². The zero-order valence-electron chi connectivity index (χ0n) is 6.50. The highest BCUT2D eigenvalue weighted by Gasteiger charge is 2.13. The monoisotopic (exact) mass is 151 g/mol. The number of hydrogen-bond donors (Lipinski definition) is 0. The Kier molecular flexibility index (Phi) is 1.24. The molecule has 0 N–H and O–H groups in total. The lowest BCUT2D eigenvalue weighted by Gasteiger charge is -1.94. The molecule has 0 atom stereocenters. The van der Waals surface area contributed by atoms with E-state index in [-0.39, 0.29) is 0 Å². The lowest BCUT2D eigenvalue weighted by molar-refractivity contribution is 0.441. The molecule has 0 saturated heterocycles. The molecule has 2 rings (SSSR count). The lowest BCUT2D eigenvalue weighted by Crippen LogP contribution is -1.85. The second kappa shape index (κ2) is 2.12. The first-order valence-corrected chi connectivity index (χ1v) is 3.62. The van der Waals surface area contributed by atoms with Gasteiger partial charge in [0.2, 0.25) is 5.58 Å². The molecular formula is C8H9NO2. The fourth-order valence-electron chi connectivity index (χ4n) is 1.06. The summed E-state index contributed by atoms with van der Waals surface area (Å²) in [5, 5.41) is 3.89. The summed E-state index contributed by atoms with van der Waals surface area (Å²) in [5.41, 5.74) is 2.40. The number of rotatable bonds is 1. The van der Waals surface area contributed by atoms with E-state index in [2.05, 4.69) is 19.0 Å². The maximum Gasteiger partial charge on any atom is 0.205 e. The normalized spacial score (nSPS) is 11.5. The molecule has 0 aliphatic heterocycles. The van der Waals surface area contributed by atoms with E-state index in [0.29, 0.717) is 5.92 Å². The lowest BCUT2D eigenvalue weighted by atomic mass is 10.1. The Morgan fingerprint density at radius 1 is 1.45 bits per heavy atom. The summed E-state index contributed by atoms with van der Waals surface area (Å²) in [6.07, 6.45) is 1.61. The highest BCUT2D eigenvalue weighted by Crippen LogP contribution is 2.24. The molecule has 0 aromatic carbocycles. The molecule has 2 heterocycles. The summed E-state index contributed by atoms with van der Waals surface area (Å²) < 4.78 is 10.2. The fourth-order valence-corrected chi connectivity index (χ4v) is 1.06. The minimum absolute atomic E-state index is 0.349. The molecule has 0 amide bonds. The van der Waals surface area contributed by atoms with Crippen LogP contribution in [0.3, 0.4) is 0 Å². The Morgan fingerprint density at radius 2 is 2.27 bits per heavy atom. The highest BCUT2D eigenvalue weighted by molar-refractivity contribution is 5.72. The van der Waals surface area contributed by atoms with Gasteiger partial charge in [-0.15, -0.1) is 0 Å². The van der Waals surface area contributed by atoms with Crippen molar-refractivity contribution < 1.29 is 8.94 Å². The zero-order chi connectivity index (χ0) is 7.84. The first-order chi connectivity index (χ1) is 5.29. The molecule has 58 valence electrons. The van der Waals surface area contributed by atoms with Gasteiger partial charge in [-0.1, -0.05) is 19.0 Å². The third-order valence-electron chi connectivity index (χ3n) is 1.65. The van der Waals surface area contributed by atoms with Crippen LogP contribution in [0.25, 0.3) is 11.2 Å². The first kappa shape index (κ1) is 6.46. The van der Waals surface area contributed by atoms with Gasteiger partial charge in [0.15, 0.2) is 5.58 Å². The molecule has 0 unspecified atom stereocenters. The van der Waals surface area contributed by atoms with Gasteiger partial charge in [-0.3, -0.25) is 0 Å². The van der Waals surface area contributed by atoms with Crippen LogP contribution < -0.4 is 0 Å². The fraction of sp³-hybridized carbons (Fsp3) is 0.375. The third-order valence-corrected chi connectivity index (χ3v) is 1.65. The molecule has 2 aromatic rings. The summed E-state index contributed by atoms with van der Waals surface area (Å²) in [5.74, 6) is 0.349. The van der Waals surface area contributed by atoms with Crippen LogP contribution in [-0.4, -0.2) is 5.16 Å². The van der Waals surface area contributed by atoms with E-state index in [9.17, 15) is 0 Å². The Morgan fingerprint density at radius 3 is 3.00 bits per heavy atom. The van der Waals surface area contributed by atoms with Crippen molar-refractivity contribution >= 4 is 11.2 Å². The summed E-state index contributed by atoms with van der Waals surface area (Å²) in [7, 11) is 0. The second-order valence-corrected chi connectivity index (χ2v) is 2.84. The Bertz CT molecular complexity index is 359. The van der Waals surface area contributed by atoms with E-state index in [1.165, 1.54) is 0 Å². The van der Waals surface area contributed by atoms with Crippen LogP contribution in [-0.2, 0) is 0 Å². The van der Waals surface area contributed by atoms with Crippen LogP contribution >= 0.6 is 0 Å². The molecule has 0 aliphatic rings. The van der Waals surface area contributed by atoms with Crippen LogP contribution in [0.15, 0.2) is 21.3 Å². The second-order valence-electron chi connectivity index (χ2n) is 2.84. The molecular weight excluding hydrogens is 142 g/mol. The van der Waals surface area contributed by atoms with E-state index >= 15 is 0 Å². The summed E-state index contributed by atoms with van der Waals surface area (Å²) in [4.78, 5) is 0. The van der Waals surface area contributed by atoms with Crippen LogP contribution in [0.5, 0.6) is 0 Å². The van der Waals surface area contributed by atoms with Crippen LogP contribution in [0.4, 0.5) is 0 Å². The average Bonchev–Trinajstić information content (AvgIpc) is 2.41. The third kappa shape index (κ3) is 0.843. The number of furan rings is 1. The molecule has 0 fully saturated rings. The van der Waals surface area contributed by atoms with Crippen LogP contribution in [0, 0.1) is 0 Å². The Hall–Kier alpha value is -1.25. The molecule has 3 heteroatoms. The van der Waals surface area contributed by atoms with Gasteiger partial charge in [0.1, 0.15) is 5.69 Å². The number of nitrogens with zero attached hydrogens (tertiary/aromatic N) is 1. The van der Waals surface area contributed by atoms with Gasteiger partial charge >= 0.3 is 0 Å². The number of aromatic nitrogens is 1. The van der Waals surface area contributed by atoms with E-state index in [1.54, 1.807) is 12.3 Å². The van der Waals surface area contributed by atoms with E-state index in [4.69, 9.17) is 8.94 Å². The molecule has 0 radical (unpaired) electrons. The standard InChI is InChI=1S/C8H9NO2/c1-5(2)7-8-6(11-9-7)3-4-10-8/h3-5H,1-2H3. The zero-order valence-corrected chi connectivity index (χ0v) is 6.50.